The standard InChI is InChI=1S/C23H41N5O3/c1-23(2,3)31-22(29)27(5)14-13-26(4)16-19-17-28(20-8-6-7-15-30-20)25-21(19)18-9-11-24-12-10-18/h17-18,20,24H,6-16H2,1-5H3/t20-/m1/s1. The third-order valence-electron chi connectivity index (χ3n) is 5.98. The molecular weight excluding hydrogens is 394 g/mol. The number of carbonyl (C=O) groups excluding carboxylic acids is 1. The monoisotopic (exact) mass is 435 g/mol. The third kappa shape index (κ3) is 7.19. The Kier molecular flexibility index (Phi) is 8.36. The second kappa shape index (κ2) is 10.8. The van der Waals surface area contributed by atoms with Gasteiger partial charge in [-0.1, -0.05) is 0 Å². The number of nitrogens with zero attached hydrogens (tertiary/aromatic N) is 4. The highest BCUT2D eigenvalue weighted by Gasteiger charge is 2.26. The number of rotatable bonds is 7. The molecule has 0 saturated carbocycles. The van der Waals surface area contributed by atoms with Gasteiger partial charge in [-0.15, -0.1) is 0 Å². The van der Waals surface area contributed by atoms with E-state index in [-0.39, 0.29) is 12.3 Å². The summed E-state index contributed by atoms with van der Waals surface area (Å²) < 4.78 is 13.5. The predicted octanol–water partition coefficient (Wildman–Crippen LogP) is 3.35. The van der Waals surface area contributed by atoms with Crippen LogP contribution in [0.3, 0.4) is 0 Å². The van der Waals surface area contributed by atoms with E-state index in [2.05, 4.69) is 28.1 Å². The maximum atomic E-state index is 12.2. The first kappa shape index (κ1) is 24.0. The molecule has 1 aromatic rings. The number of ether oxygens (including phenoxy) is 2. The van der Waals surface area contributed by atoms with Crippen LogP contribution in [0.4, 0.5) is 4.79 Å². The largest absolute Gasteiger partial charge is 0.444 e. The Bertz CT molecular complexity index is 703. The lowest BCUT2D eigenvalue weighted by Crippen LogP contribution is -2.38. The summed E-state index contributed by atoms with van der Waals surface area (Å²) in [4.78, 5) is 16.1. The molecule has 2 fully saturated rings. The molecule has 2 aliphatic heterocycles. The van der Waals surface area contributed by atoms with Crippen LogP contribution in [0.5, 0.6) is 0 Å². The van der Waals surface area contributed by atoms with Gasteiger partial charge in [-0.05, 0) is 73.0 Å². The highest BCUT2D eigenvalue weighted by atomic mass is 16.6. The number of likely N-dealkylation sites (N-methyl/N-ethyl adjacent to an activating group) is 2. The van der Waals surface area contributed by atoms with E-state index in [1.807, 2.05) is 20.8 Å². The van der Waals surface area contributed by atoms with E-state index in [4.69, 9.17) is 14.6 Å². The molecule has 8 heteroatoms. The maximum absolute atomic E-state index is 12.2. The van der Waals surface area contributed by atoms with Crippen molar-refractivity contribution in [3.8, 4) is 0 Å². The molecule has 0 radical (unpaired) electrons. The fourth-order valence-electron chi connectivity index (χ4n) is 4.21. The van der Waals surface area contributed by atoms with Crippen LogP contribution in [-0.2, 0) is 16.0 Å². The normalized spacial score (nSPS) is 20.8. The molecule has 1 amide bonds. The summed E-state index contributed by atoms with van der Waals surface area (Å²) in [7, 11) is 3.89. The number of amides is 1. The highest BCUT2D eigenvalue weighted by molar-refractivity contribution is 5.67. The van der Waals surface area contributed by atoms with E-state index < -0.39 is 5.60 Å². The van der Waals surface area contributed by atoms with Crippen LogP contribution in [-0.4, -0.2) is 78.2 Å². The zero-order chi connectivity index (χ0) is 22.4. The minimum absolute atomic E-state index is 0.0616. The molecular formula is C23H41N5O3. The summed E-state index contributed by atoms with van der Waals surface area (Å²) in [5.41, 5.74) is 2.03. The summed E-state index contributed by atoms with van der Waals surface area (Å²) in [5.74, 6) is 0.499. The van der Waals surface area contributed by atoms with Crippen LogP contribution in [0.1, 0.15) is 76.3 Å². The third-order valence-corrected chi connectivity index (χ3v) is 5.98. The highest BCUT2D eigenvalue weighted by Crippen LogP contribution is 2.30. The number of hydrogen-bond donors (Lipinski definition) is 1. The quantitative estimate of drug-likeness (QED) is 0.708. The van der Waals surface area contributed by atoms with Crippen molar-refractivity contribution in [2.24, 2.45) is 0 Å². The first-order valence-electron chi connectivity index (χ1n) is 11.8. The Hall–Kier alpha value is -1.64. The Morgan fingerprint density at radius 3 is 2.61 bits per heavy atom. The summed E-state index contributed by atoms with van der Waals surface area (Å²) in [6, 6.07) is 0. The maximum Gasteiger partial charge on any atom is 0.410 e. The molecule has 31 heavy (non-hydrogen) atoms. The van der Waals surface area contributed by atoms with E-state index in [9.17, 15) is 4.79 Å². The summed E-state index contributed by atoms with van der Waals surface area (Å²) >= 11 is 0. The van der Waals surface area contributed by atoms with Crippen molar-refractivity contribution < 1.29 is 14.3 Å². The van der Waals surface area contributed by atoms with Gasteiger partial charge in [0.15, 0.2) is 0 Å². The summed E-state index contributed by atoms with van der Waals surface area (Å²) in [6.45, 7) is 10.8. The van der Waals surface area contributed by atoms with Crippen LogP contribution in [0.15, 0.2) is 6.20 Å². The van der Waals surface area contributed by atoms with E-state index >= 15 is 0 Å². The Balaban J connectivity index is 1.63. The van der Waals surface area contributed by atoms with Gasteiger partial charge in [0.2, 0.25) is 0 Å². The first-order chi connectivity index (χ1) is 14.7. The topological polar surface area (TPSA) is 71.9 Å². The molecule has 0 bridgehead atoms. The van der Waals surface area contributed by atoms with Gasteiger partial charge in [-0.25, -0.2) is 9.48 Å². The molecule has 3 heterocycles. The number of hydrogen-bond acceptors (Lipinski definition) is 6. The van der Waals surface area contributed by atoms with Crippen LogP contribution in [0, 0.1) is 0 Å². The number of nitrogens with one attached hydrogen (secondary N) is 1. The van der Waals surface area contributed by atoms with Crippen molar-refractivity contribution in [3.63, 3.8) is 0 Å². The lowest BCUT2D eigenvalue weighted by Gasteiger charge is -2.26. The van der Waals surface area contributed by atoms with Crippen molar-refractivity contribution in [3.05, 3.63) is 17.5 Å². The van der Waals surface area contributed by atoms with Gasteiger partial charge in [-0.2, -0.15) is 5.10 Å². The van der Waals surface area contributed by atoms with E-state index in [1.165, 1.54) is 17.7 Å². The molecule has 0 aromatic carbocycles. The zero-order valence-electron chi connectivity index (χ0n) is 20.0. The average molecular weight is 436 g/mol. The van der Waals surface area contributed by atoms with Crippen LogP contribution < -0.4 is 5.32 Å². The number of piperidine rings is 1. The molecule has 0 unspecified atom stereocenters. The molecule has 0 aliphatic carbocycles. The number of aromatic nitrogens is 2. The average Bonchev–Trinajstić information content (AvgIpc) is 3.15. The molecule has 1 aromatic heterocycles. The second-order valence-corrected chi connectivity index (χ2v) is 10.0. The van der Waals surface area contributed by atoms with E-state index in [0.717, 1.165) is 58.5 Å². The lowest BCUT2D eigenvalue weighted by atomic mass is 9.92. The summed E-state index contributed by atoms with van der Waals surface area (Å²) in [5, 5.41) is 8.48. The Morgan fingerprint density at radius 2 is 1.97 bits per heavy atom. The van der Waals surface area contributed by atoms with E-state index in [0.29, 0.717) is 12.5 Å². The van der Waals surface area contributed by atoms with Gasteiger partial charge in [0, 0.05) is 51.0 Å². The van der Waals surface area contributed by atoms with Gasteiger partial charge < -0.3 is 24.6 Å². The van der Waals surface area contributed by atoms with E-state index in [1.54, 1.807) is 11.9 Å². The smallest absolute Gasteiger partial charge is 0.410 e. The molecule has 1 atom stereocenters. The minimum Gasteiger partial charge on any atom is -0.444 e. The SMILES string of the molecule is CN(CCN(C)C(=O)OC(C)(C)C)Cc1cn([C@H]2CCCCO2)nc1C1CCNCC1. The van der Waals surface area contributed by atoms with Crippen molar-refractivity contribution in [2.75, 3.05) is 46.9 Å². The fraction of sp³-hybridized carbons (Fsp3) is 0.826. The second-order valence-electron chi connectivity index (χ2n) is 10.0. The van der Waals surface area contributed by atoms with Gasteiger partial charge in [0.05, 0.1) is 5.69 Å². The van der Waals surface area contributed by atoms with Crippen molar-refractivity contribution in [1.82, 2.24) is 24.9 Å². The molecule has 176 valence electrons. The van der Waals surface area contributed by atoms with Gasteiger partial charge >= 0.3 is 6.09 Å². The van der Waals surface area contributed by atoms with Crippen LogP contribution in [0.25, 0.3) is 0 Å². The Labute approximate surface area is 187 Å². The van der Waals surface area contributed by atoms with Crippen LogP contribution in [0.2, 0.25) is 0 Å². The molecule has 1 N–H and O–H groups in total. The minimum atomic E-state index is -0.475. The first-order valence-corrected chi connectivity index (χ1v) is 11.8. The predicted molar refractivity (Wildman–Crippen MR) is 121 cm³/mol. The fourth-order valence-corrected chi connectivity index (χ4v) is 4.21. The van der Waals surface area contributed by atoms with Gasteiger partial charge in [-0.3, -0.25) is 0 Å². The van der Waals surface area contributed by atoms with Gasteiger partial charge in [0.1, 0.15) is 11.8 Å². The van der Waals surface area contributed by atoms with Crippen molar-refractivity contribution in [2.45, 2.75) is 77.2 Å². The molecule has 0 spiro atoms. The van der Waals surface area contributed by atoms with Crippen molar-refractivity contribution in [1.29, 1.82) is 0 Å². The van der Waals surface area contributed by atoms with Crippen LogP contribution >= 0.6 is 0 Å². The lowest BCUT2D eigenvalue weighted by molar-refractivity contribution is -0.0398. The Morgan fingerprint density at radius 1 is 1.23 bits per heavy atom. The zero-order valence-corrected chi connectivity index (χ0v) is 20.0. The molecule has 3 rings (SSSR count). The van der Waals surface area contributed by atoms with Crippen molar-refractivity contribution >= 4 is 6.09 Å². The molecule has 8 nitrogen and oxygen atoms in total. The summed E-state index contributed by atoms with van der Waals surface area (Å²) in [6.07, 6.45) is 7.59. The molecule has 2 saturated heterocycles. The number of carbonyl (C=O) groups is 1. The van der Waals surface area contributed by atoms with Gasteiger partial charge in [0.25, 0.3) is 0 Å². The molecule has 2 aliphatic rings.